The predicted molar refractivity (Wildman–Crippen MR) is 85.3 cm³/mol. The number of halogens is 8. The largest absolute Gasteiger partial charge is 0.454 e. The van der Waals surface area contributed by atoms with Crippen molar-refractivity contribution in [3.05, 3.63) is 57.0 Å². The second kappa shape index (κ2) is 8.91. The summed E-state index contributed by atoms with van der Waals surface area (Å²) in [6.07, 6.45) is -10.1. The van der Waals surface area contributed by atoms with Crippen molar-refractivity contribution >= 4 is 37.6 Å². The van der Waals surface area contributed by atoms with Crippen LogP contribution in [0.25, 0.3) is 0 Å². The smallest absolute Gasteiger partial charge is 0.379 e. The molecule has 1 atom stereocenters. The van der Waals surface area contributed by atoms with Gasteiger partial charge in [0.1, 0.15) is 9.21 Å². The Morgan fingerprint density at radius 2 is 1.42 bits per heavy atom. The third kappa shape index (κ3) is 7.00. The molecule has 142 valence electrons. The molecule has 0 saturated carbocycles. The number of carbonyl (C=O) groups is 1. The van der Waals surface area contributed by atoms with Gasteiger partial charge in [-0.15, -0.1) is 0 Å². The normalized spacial score (nSPS) is 12.8. The van der Waals surface area contributed by atoms with Gasteiger partial charge in [-0.25, -0.2) is 9.97 Å². The van der Waals surface area contributed by atoms with Gasteiger partial charge in [0.25, 0.3) is 5.78 Å². The molecule has 0 amide bonds. The molecule has 0 aromatic carbocycles. The lowest BCUT2D eigenvalue weighted by atomic mass is 10.1. The monoisotopic (exact) mass is 508 g/mol. The van der Waals surface area contributed by atoms with Crippen LogP contribution in [0.5, 0.6) is 0 Å². The molecule has 26 heavy (non-hydrogen) atoms. The number of ketones is 1. The molecule has 4 nitrogen and oxygen atoms in total. The van der Waals surface area contributed by atoms with Gasteiger partial charge in [0.05, 0.1) is 0 Å². The summed E-state index contributed by atoms with van der Waals surface area (Å²) in [7, 11) is 0. The molecular formula is C14H8Br2F6N2O2. The van der Waals surface area contributed by atoms with E-state index in [0.717, 1.165) is 24.5 Å². The van der Waals surface area contributed by atoms with Crippen LogP contribution >= 0.6 is 31.9 Å². The van der Waals surface area contributed by atoms with E-state index in [-0.39, 0.29) is 5.56 Å². The van der Waals surface area contributed by atoms with E-state index in [4.69, 9.17) is 5.11 Å². The standard InChI is InChI=1S/C7H5BrF3NO.C7H3BrF3NO/c2*8-5-2-1-4(3-12-5)6(13)7(9,10)11/h1-3,6,13H;1-3H. The van der Waals surface area contributed by atoms with E-state index in [9.17, 15) is 31.1 Å². The molecule has 0 aliphatic rings. The number of pyridine rings is 2. The molecule has 0 bridgehead atoms. The van der Waals surface area contributed by atoms with E-state index >= 15 is 0 Å². The molecule has 2 aromatic heterocycles. The van der Waals surface area contributed by atoms with Gasteiger partial charge in [0.15, 0.2) is 6.10 Å². The van der Waals surface area contributed by atoms with Crippen LogP contribution in [0.15, 0.2) is 45.9 Å². The molecule has 2 rings (SSSR count). The molecule has 1 N–H and O–H groups in total. The Bertz CT molecular complexity index is 733. The van der Waals surface area contributed by atoms with Gasteiger partial charge in [-0.1, -0.05) is 6.07 Å². The van der Waals surface area contributed by atoms with E-state index < -0.39 is 29.8 Å². The molecule has 0 aliphatic heterocycles. The summed E-state index contributed by atoms with van der Waals surface area (Å²) in [5, 5.41) is 8.77. The topological polar surface area (TPSA) is 63.1 Å². The number of aliphatic hydroxyl groups is 1. The summed E-state index contributed by atoms with van der Waals surface area (Å²) >= 11 is 5.91. The van der Waals surface area contributed by atoms with Crippen LogP contribution in [0.2, 0.25) is 0 Å². The Morgan fingerprint density at radius 3 is 1.77 bits per heavy atom. The second-order valence-corrected chi connectivity index (χ2v) is 6.18. The average molecular weight is 510 g/mol. The van der Waals surface area contributed by atoms with Gasteiger partial charge in [0.2, 0.25) is 0 Å². The number of carbonyl (C=O) groups excluding carboxylic acids is 1. The quantitative estimate of drug-likeness (QED) is 0.350. The first-order chi connectivity index (χ1) is 11.8. The highest BCUT2D eigenvalue weighted by molar-refractivity contribution is 9.10. The van der Waals surface area contributed by atoms with Crippen LogP contribution in [-0.2, 0) is 0 Å². The Labute approximate surface area is 159 Å². The summed E-state index contributed by atoms with van der Waals surface area (Å²) in [5.41, 5.74) is -0.730. The summed E-state index contributed by atoms with van der Waals surface area (Å²) in [4.78, 5) is 17.7. The molecule has 2 heterocycles. The first-order valence-electron chi connectivity index (χ1n) is 6.41. The first kappa shape index (κ1) is 22.5. The number of alkyl halides is 6. The molecule has 0 radical (unpaired) electrons. The number of nitrogens with zero attached hydrogens (tertiary/aromatic N) is 2. The average Bonchev–Trinajstić information content (AvgIpc) is 2.54. The summed E-state index contributed by atoms with van der Waals surface area (Å²) < 4.78 is 72.2. The van der Waals surface area contributed by atoms with Crippen molar-refractivity contribution in [1.29, 1.82) is 0 Å². The van der Waals surface area contributed by atoms with Crippen molar-refractivity contribution in [3.63, 3.8) is 0 Å². The minimum atomic E-state index is -4.84. The first-order valence-corrected chi connectivity index (χ1v) is 8.00. The lowest BCUT2D eigenvalue weighted by Crippen LogP contribution is -2.22. The molecule has 12 heteroatoms. The number of aromatic nitrogens is 2. The van der Waals surface area contributed by atoms with E-state index in [2.05, 4.69) is 41.8 Å². The minimum absolute atomic E-state index is 0.268. The van der Waals surface area contributed by atoms with Gasteiger partial charge < -0.3 is 5.11 Å². The van der Waals surface area contributed by atoms with Gasteiger partial charge in [-0.2, -0.15) is 26.3 Å². The van der Waals surface area contributed by atoms with E-state index in [1.54, 1.807) is 0 Å². The maximum atomic E-state index is 11.9. The van der Waals surface area contributed by atoms with Crippen molar-refractivity contribution < 1.29 is 36.2 Å². The van der Waals surface area contributed by atoms with Crippen molar-refractivity contribution in [3.8, 4) is 0 Å². The minimum Gasteiger partial charge on any atom is -0.379 e. The molecule has 0 saturated heterocycles. The molecule has 0 fully saturated rings. The maximum Gasteiger partial charge on any atom is 0.454 e. The van der Waals surface area contributed by atoms with Crippen molar-refractivity contribution in [2.24, 2.45) is 0 Å². The van der Waals surface area contributed by atoms with Crippen LogP contribution in [-0.4, -0.2) is 33.2 Å². The highest BCUT2D eigenvalue weighted by Gasteiger charge is 2.40. The molecule has 2 aromatic rings. The molecule has 0 spiro atoms. The Morgan fingerprint density at radius 1 is 0.923 bits per heavy atom. The van der Waals surface area contributed by atoms with Gasteiger partial charge >= 0.3 is 12.4 Å². The lowest BCUT2D eigenvalue weighted by molar-refractivity contribution is -0.206. The Hall–Kier alpha value is -1.53. The van der Waals surface area contributed by atoms with Crippen LogP contribution in [0.3, 0.4) is 0 Å². The van der Waals surface area contributed by atoms with Gasteiger partial charge in [-0.3, -0.25) is 4.79 Å². The van der Waals surface area contributed by atoms with Crippen LogP contribution in [0.4, 0.5) is 26.3 Å². The molecule has 1 unspecified atom stereocenters. The van der Waals surface area contributed by atoms with Gasteiger partial charge in [0, 0.05) is 23.5 Å². The van der Waals surface area contributed by atoms with Crippen LogP contribution in [0, 0.1) is 0 Å². The fourth-order valence-electron chi connectivity index (χ4n) is 1.41. The van der Waals surface area contributed by atoms with Crippen molar-refractivity contribution in [2.75, 3.05) is 0 Å². The zero-order chi connectivity index (χ0) is 20.1. The Kier molecular flexibility index (Phi) is 7.71. The lowest BCUT2D eigenvalue weighted by Gasteiger charge is -2.13. The molecular weight excluding hydrogens is 502 g/mol. The van der Waals surface area contributed by atoms with Crippen LogP contribution in [0.1, 0.15) is 22.0 Å². The summed E-state index contributed by atoms with van der Waals surface area (Å²) in [6, 6.07) is 4.84. The highest BCUT2D eigenvalue weighted by atomic mass is 79.9. The molecule has 0 aliphatic carbocycles. The van der Waals surface area contributed by atoms with Crippen molar-refractivity contribution in [2.45, 2.75) is 18.5 Å². The van der Waals surface area contributed by atoms with E-state index in [1.165, 1.54) is 12.1 Å². The number of hydrogen-bond donors (Lipinski definition) is 1. The van der Waals surface area contributed by atoms with Gasteiger partial charge in [-0.05, 0) is 50.1 Å². The summed E-state index contributed by atoms with van der Waals surface area (Å²) in [5.74, 6) is -1.88. The Balaban J connectivity index is 0.000000260. The highest BCUT2D eigenvalue weighted by Crippen LogP contribution is 2.32. The fourth-order valence-corrected chi connectivity index (χ4v) is 1.88. The van der Waals surface area contributed by atoms with E-state index in [1.807, 2.05) is 0 Å². The van der Waals surface area contributed by atoms with Crippen LogP contribution < -0.4 is 0 Å². The SMILES string of the molecule is O=C(c1ccc(Br)nc1)C(F)(F)F.OC(c1ccc(Br)nc1)C(F)(F)F. The number of rotatable bonds is 2. The summed E-state index contributed by atoms with van der Waals surface area (Å²) in [6.45, 7) is 0. The second-order valence-electron chi connectivity index (χ2n) is 4.55. The third-order valence-electron chi connectivity index (χ3n) is 2.62. The van der Waals surface area contributed by atoms with E-state index in [0.29, 0.717) is 9.21 Å². The number of hydrogen-bond acceptors (Lipinski definition) is 4. The third-order valence-corrected chi connectivity index (χ3v) is 3.56. The zero-order valence-electron chi connectivity index (χ0n) is 12.3. The zero-order valence-corrected chi connectivity index (χ0v) is 15.5. The predicted octanol–water partition coefficient (Wildman–Crippen LogP) is 5.03. The van der Waals surface area contributed by atoms with Crippen molar-refractivity contribution in [1.82, 2.24) is 9.97 Å². The number of aliphatic hydroxyl groups excluding tert-OH is 1. The maximum absolute atomic E-state index is 11.9. The number of Topliss-reactive ketones (excluding diaryl/α,β-unsaturated/α-hetero) is 1. The fraction of sp³-hybridized carbons (Fsp3) is 0.214.